The van der Waals surface area contributed by atoms with Gasteiger partial charge in [-0.15, -0.1) is 11.8 Å². The number of carbonyl (C=O) groups excluding carboxylic acids is 4. The fourth-order valence-corrected chi connectivity index (χ4v) is 3.95. The van der Waals surface area contributed by atoms with Crippen LogP contribution in [-0.4, -0.2) is 29.6 Å². The Balaban J connectivity index is 1.81. The summed E-state index contributed by atoms with van der Waals surface area (Å²) in [5.41, 5.74) is 0. The molecule has 0 amide bonds. The Bertz CT molecular complexity index is 631. The average Bonchev–Trinajstić information content (AvgIpc) is 2.77. The number of benzene rings is 1. The highest BCUT2D eigenvalue weighted by atomic mass is 32.2. The van der Waals surface area contributed by atoms with Crippen molar-refractivity contribution in [1.82, 2.24) is 0 Å². The molecule has 1 heterocycles. The van der Waals surface area contributed by atoms with Crippen LogP contribution in [0.5, 0.6) is 0 Å². The van der Waals surface area contributed by atoms with Crippen LogP contribution in [0.3, 0.4) is 0 Å². The number of hydrogen-bond acceptors (Lipinski definition) is 9. The van der Waals surface area contributed by atoms with Gasteiger partial charge in [-0.1, -0.05) is 18.2 Å². The van der Waals surface area contributed by atoms with E-state index in [2.05, 4.69) is 13.6 Å². The van der Waals surface area contributed by atoms with E-state index in [0.29, 0.717) is 12.2 Å². The maximum Gasteiger partial charge on any atom is 0.779 e. The first-order valence-corrected chi connectivity index (χ1v) is 9.32. The van der Waals surface area contributed by atoms with Gasteiger partial charge in [0.2, 0.25) is 0 Å². The van der Waals surface area contributed by atoms with Crippen molar-refractivity contribution in [1.29, 1.82) is 0 Å². The van der Waals surface area contributed by atoms with Crippen LogP contribution in [-0.2, 0) is 37.3 Å². The van der Waals surface area contributed by atoms with E-state index >= 15 is 0 Å². The lowest BCUT2D eigenvalue weighted by atomic mass is 10.3. The molecule has 1 saturated heterocycles. The van der Waals surface area contributed by atoms with E-state index in [9.17, 15) is 19.2 Å². The van der Waals surface area contributed by atoms with Crippen LogP contribution in [0, 0.1) is 0 Å². The van der Waals surface area contributed by atoms with Crippen molar-refractivity contribution in [3.05, 3.63) is 30.3 Å². The average molecular weight is 373 g/mol. The maximum absolute atomic E-state index is 11.8. The van der Waals surface area contributed by atoms with Gasteiger partial charge in [-0.25, -0.2) is 28.2 Å². The Morgan fingerprint density at radius 1 is 1.08 bits per heavy atom. The third-order valence-corrected chi connectivity index (χ3v) is 5.33. The quantitative estimate of drug-likeness (QED) is 0.308. The first kappa shape index (κ1) is 18.2. The predicted octanol–water partition coefficient (Wildman–Crippen LogP) is 2.44. The van der Waals surface area contributed by atoms with E-state index in [0.717, 1.165) is 11.8 Å². The highest BCUT2D eigenvalue weighted by Gasteiger charge is 2.69. The number of carbonyl (C=O) groups is 4. The molecule has 0 bridgehead atoms. The molecule has 1 aliphatic rings. The van der Waals surface area contributed by atoms with Gasteiger partial charge in [0.1, 0.15) is 0 Å². The van der Waals surface area contributed by atoms with Crippen LogP contribution in [0.4, 0.5) is 0 Å². The molecular weight excluding hydrogens is 359 g/mol. The van der Waals surface area contributed by atoms with E-state index < -0.39 is 32.0 Å². The van der Waals surface area contributed by atoms with Gasteiger partial charge in [-0.3, -0.25) is 0 Å². The van der Waals surface area contributed by atoms with Gasteiger partial charge < -0.3 is 0 Å². The summed E-state index contributed by atoms with van der Waals surface area (Å²) in [7, 11) is -4.08. The van der Waals surface area contributed by atoms with E-state index in [4.69, 9.17) is 4.52 Å². The molecule has 0 atom stereocenters. The smallest absolute Gasteiger partial charge is 0.247 e. The lowest BCUT2D eigenvalue weighted by Gasteiger charge is -2.09. The standard InChI is InChI=1S/C14H14O8PS/c1-10(15)19-23(21-13(17)14(18)22-23)20-12(16)8-5-9-24-11-6-3-2-4-7-11/h2-4,6-7H,5,8-9H2,1H3/q+1. The van der Waals surface area contributed by atoms with E-state index in [1.807, 2.05) is 30.3 Å². The molecule has 0 saturated carbocycles. The molecule has 1 aromatic carbocycles. The Hall–Kier alpha value is -2.12. The monoisotopic (exact) mass is 373 g/mol. The van der Waals surface area contributed by atoms with Gasteiger partial charge in [0, 0.05) is 11.8 Å². The SMILES string of the molecule is CC(=O)O[P+]1(OC(=O)CCCSc2ccccc2)OC(=O)C(=O)O1. The molecule has 0 aromatic heterocycles. The van der Waals surface area contributed by atoms with Crippen LogP contribution in [0.2, 0.25) is 0 Å². The van der Waals surface area contributed by atoms with Gasteiger partial charge in [0.25, 0.3) is 0 Å². The van der Waals surface area contributed by atoms with Crippen molar-refractivity contribution in [2.45, 2.75) is 24.7 Å². The zero-order valence-electron chi connectivity index (χ0n) is 12.6. The minimum absolute atomic E-state index is 0.0159. The third-order valence-electron chi connectivity index (χ3n) is 2.55. The van der Waals surface area contributed by atoms with Crippen LogP contribution in [0.1, 0.15) is 19.8 Å². The summed E-state index contributed by atoms with van der Waals surface area (Å²) in [5.74, 6) is -3.77. The molecule has 0 radical (unpaired) electrons. The lowest BCUT2D eigenvalue weighted by molar-refractivity contribution is -0.150. The Kier molecular flexibility index (Phi) is 6.16. The molecule has 0 N–H and O–H groups in total. The molecule has 8 nitrogen and oxygen atoms in total. The maximum atomic E-state index is 11.8. The molecule has 24 heavy (non-hydrogen) atoms. The zero-order valence-corrected chi connectivity index (χ0v) is 14.3. The van der Waals surface area contributed by atoms with Crippen molar-refractivity contribution < 1.29 is 37.3 Å². The highest BCUT2D eigenvalue weighted by molar-refractivity contribution is 7.99. The largest absolute Gasteiger partial charge is 0.779 e. The topological polar surface area (TPSA) is 105 Å². The van der Waals surface area contributed by atoms with Crippen LogP contribution < -0.4 is 0 Å². The van der Waals surface area contributed by atoms with Gasteiger partial charge in [-0.05, 0) is 24.3 Å². The lowest BCUT2D eigenvalue weighted by Crippen LogP contribution is -2.13. The van der Waals surface area contributed by atoms with Gasteiger partial charge >= 0.3 is 32.0 Å². The normalized spacial score (nSPS) is 15.4. The summed E-state index contributed by atoms with van der Waals surface area (Å²) >= 11 is 1.56. The summed E-state index contributed by atoms with van der Waals surface area (Å²) in [6, 6.07) is 9.62. The Morgan fingerprint density at radius 3 is 2.29 bits per heavy atom. The molecule has 1 fully saturated rings. The van der Waals surface area contributed by atoms with Crippen molar-refractivity contribution in [3.63, 3.8) is 0 Å². The van der Waals surface area contributed by atoms with Crippen LogP contribution >= 0.6 is 19.9 Å². The fourth-order valence-electron chi connectivity index (χ4n) is 1.64. The Labute approximate surface area is 142 Å². The number of rotatable bonds is 7. The first-order chi connectivity index (χ1) is 11.4. The molecule has 0 unspecified atom stereocenters. The van der Waals surface area contributed by atoms with Crippen molar-refractivity contribution in [2.24, 2.45) is 0 Å². The van der Waals surface area contributed by atoms with Gasteiger partial charge in [-0.2, -0.15) is 9.05 Å². The van der Waals surface area contributed by atoms with Crippen molar-refractivity contribution in [3.8, 4) is 0 Å². The second kappa shape index (κ2) is 8.12. The fraction of sp³-hybridized carbons (Fsp3) is 0.286. The molecule has 1 aromatic rings. The molecule has 128 valence electrons. The molecule has 0 spiro atoms. The summed E-state index contributed by atoms with van der Waals surface area (Å²) in [6.07, 6.45) is 0.457. The summed E-state index contributed by atoms with van der Waals surface area (Å²) in [5, 5.41) is 0. The van der Waals surface area contributed by atoms with Crippen molar-refractivity contribution >= 4 is 43.8 Å². The van der Waals surface area contributed by atoms with Crippen LogP contribution in [0.15, 0.2) is 35.2 Å². The summed E-state index contributed by atoms with van der Waals surface area (Å²) in [6.45, 7) is 1.01. The number of hydrogen-bond donors (Lipinski definition) is 0. The van der Waals surface area contributed by atoms with Crippen LogP contribution in [0.25, 0.3) is 0 Å². The first-order valence-electron chi connectivity index (χ1n) is 6.87. The molecule has 1 aliphatic heterocycles. The Morgan fingerprint density at radius 2 is 1.71 bits per heavy atom. The summed E-state index contributed by atoms with van der Waals surface area (Å²) < 4.78 is 18.5. The second-order valence-electron chi connectivity index (χ2n) is 4.52. The van der Waals surface area contributed by atoms with E-state index in [1.165, 1.54) is 0 Å². The van der Waals surface area contributed by atoms with E-state index in [-0.39, 0.29) is 6.42 Å². The van der Waals surface area contributed by atoms with E-state index in [1.54, 1.807) is 11.8 Å². The number of thioether (sulfide) groups is 1. The predicted molar refractivity (Wildman–Crippen MR) is 83.4 cm³/mol. The second-order valence-corrected chi connectivity index (χ2v) is 7.31. The van der Waals surface area contributed by atoms with Crippen molar-refractivity contribution in [2.75, 3.05) is 5.75 Å². The molecular formula is C14H14O8PS+. The minimum atomic E-state index is -4.08. The summed E-state index contributed by atoms with van der Waals surface area (Å²) in [4.78, 5) is 46.2. The molecule has 10 heteroatoms. The molecule has 0 aliphatic carbocycles. The highest BCUT2D eigenvalue weighted by Crippen LogP contribution is 2.66. The van der Waals surface area contributed by atoms with Gasteiger partial charge in [0.15, 0.2) is 0 Å². The minimum Gasteiger partial charge on any atom is -0.247 e. The molecule has 2 rings (SSSR count). The zero-order chi connectivity index (χ0) is 17.6. The van der Waals surface area contributed by atoms with Gasteiger partial charge in [0.05, 0.1) is 6.42 Å². The third kappa shape index (κ3) is 5.21.